The van der Waals surface area contributed by atoms with Crippen molar-refractivity contribution in [2.75, 3.05) is 0 Å². The minimum Gasteiger partial charge on any atom is -0.228 e. The first-order valence-electron chi connectivity index (χ1n) is 18.6. The van der Waals surface area contributed by atoms with E-state index < -0.39 is 0 Å². The molecule has 10 rings (SSSR count). The zero-order valence-electron chi connectivity index (χ0n) is 29.9. The summed E-state index contributed by atoms with van der Waals surface area (Å²) in [6.07, 6.45) is 0. The molecular formula is C52H34N2S. The van der Waals surface area contributed by atoms with E-state index in [1.165, 1.54) is 48.0 Å². The second kappa shape index (κ2) is 14.1. The molecule has 0 fully saturated rings. The van der Waals surface area contributed by atoms with Crippen molar-refractivity contribution in [2.45, 2.75) is 0 Å². The van der Waals surface area contributed by atoms with E-state index in [2.05, 4.69) is 188 Å². The molecule has 2 heterocycles. The van der Waals surface area contributed by atoms with Gasteiger partial charge in [0.25, 0.3) is 0 Å². The minimum atomic E-state index is 0.696. The Balaban J connectivity index is 1.19. The molecule has 0 unspecified atom stereocenters. The van der Waals surface area contributed by atoms with Gasteiger partial charge in [-0.2, -0.15) is 0 Å². The van der Waals surface area contributed by atoms with Crippen LogP contribution in [0.1, 0.15) is 0 Å². The van der Waals surface area contributed by atoms with Crippen molar-refractivity contribution in [2.24, 2.45) is 0 Å². The maximum Gasteiger partial charge on any atom is 0.160 e. The molecule has 0 saturated carbocycles. The lowest BCUT2D eigenvalue weighted by atomic mass is 9.90. The average Bonchev–Trinajstić information content (AvgIpc) is 3.65. The van der Waals surface area contributed by atoms with E-state index in [0.717, 1.165) is 44.8 Å². The van der Waals surface area contributed by atoms with Gasteiger partial charge in [-0.1, -0.05) is 164 Å². The number of thiophene rings is 1. The highest BCUT2D eigenvalue weighted by molar-refractivity contribution is 7.25. The third-order valence-corrected chi connectivity index (χ3v) is 11.4. The van der Waals surface area contributed by atoms with Gasteiger partial charge in [0.1, 0.15) is 0 Å². The fourth-order valence-electron chi connectivity index (χ4n) is 7.56. The Morgan fingerprint density at radius 2 is 0.782 bits per heavy atom. The third kappa shape index (κ3) is 6.41. The van der Waals surface area contributed by atoms with Crippen LogP contribution in [0.3, 0.4) is 0 Å². The van der Waals surface area contributed by atoms with Crippen LogP contribution < -0.4 is 0 Å². The molecule has 10 aromatic rings. The number of nitrogens with zero attached hydrogens (tertiary/aromatic N) is 2. The van der Waals surface area contributed by atoms with E-state index >= 15 is 0 Å². The lowest BCUT2D eigenvalue weighted by Gasteiger charge is -2.15. The second-order valence-electron chi connectivity index (χ2n) is 13.8. The van der Waals surface area contributed by atoms with Gasteiger partial charge in [-0.15, -0.1) is 11.3 Å². The Bertz CT molecular complexity index is 2970. The van der Waals surface area contributed by atoms with Gasteiger partial charge < -0.3 is 0 Å². The van der Waals surface area contributed by atoms with Crippen molar-refractivity contribution in [3.63, 3.8) is 0 Å². The smallest absolute Gasteiger partial charge is 0.160 e. The highest BCUT2D eigenvalue weighted by Crippen LogP contribution is 2.41. The van der Waals surface area contributed by atoms with Crippen LogP contribution in [0.15, 0.2) is 206 Å². The highest BCUT2D eigenvalue weighted by atomic mass is 32.1. The maximum absolute atomic E-state index is 5.30. The molecule has 0 aliphatic carbocycles. The molecular weight excluding hydrogens is 685 g/mol. The second-order valence-corrected chi connectivity index (χ2v) is 14.9. The van der Waals surface area contributed by atoms with Gasteiger partial charge in [0.05, 0.1) is 11.4 Å². The van der Waals surface area contributed by atoms with Crippen molar-refractivity contribution >= 4 is 31.5 Å². The van der Waals surface area contributed by atoms with Crippen molar-refractivity contribution in [1.29, 1.82) is 0 Å². The predicted molar refractivity (Wildman–Crippen MR) is 233 cm³/mol. The highest BCUT2D eigenvalue weighted by Gasteiger charge is 2.16. The molecule has 2 nitrogen and oxygen atoms in total. The van der Waals surface area contributed by atoms with E-state index in [1.807, 2.05) is 29.5 Å². The average molecular weight is 719 g/mol. The topological polar surface area (TPSA) is 25.8 Å². The predicted octanol–water partition coefficient (Wildman–Crippen LogP) is 14.5. The van der Waals surface area contributed by atoms with Gasteiger partial charge in [-0.25, -0.2) is 9.97 Å². The lowest BCUT2D eigenvalue weighted by Crippen LogP contribution is -1.97. The lowest BCUT2D eigenvalue weighted by molar-refractivity contribution is 1.18. The number of rotatable bonds is 7. The van der Waals surface area contributed by atoms with Crippen LogP contribution in [0.2, 0.25) is 0 Å². The van der Waals surface area contributed by atoms with Gasteiger partial charge >= 0.3 is 0 Å². The van der Waals surface area contributed by atoms with E-state index in [-0.39, 0.29) is 0 Å². The van der Waals surface area contributed by atoms with Gasteiger partial charge in [-0.05, 0) is 87.0 Å². The number of hydrogen-bond acceptors (Lipinski definition) is 3. The molecule has 0 atom stereocenters. The van der Waals surface area contributed by atoms with Crippen LogP contribution in [0, 0.1) is 0 Å². The molecule has 258 valence electrons. The summed E-state index contributed by atoms with van der Waals surface area (Å²) in [5.41, 5.74) is 14.1. The summed E-state index contributed by atoms with van der Waals surface area (Å²) in [5, 5.41) is 2.60. The van der Waals surface area contributed by atoms with E-state index in [1.54, 1.807) is 0 Å². The molecule has 0 saturated heterocycles. The number of fused-ring (bicyclic) bond motifs is 3. The third-order valence-electron chi connectivity index (χ3n) is 10.3. The molecule has 0 radical (unpaired) electrons. The largest absolute Gasteiger partial charge is 0.228 e. The molecule has 0 spiro atoms. The van der Waals surface area contributed by atoms with Gasteiger partial charge in [0, 0.05) is 36.9 Å². The zero-order chi connectivity index (χ0) is 36.6. The first-order chi connectivity index (χ1) is 27.2. The molecule has 3 heteroatoms. The van der Waals surface area contributed by atoms with Crippen LogP contribution in [-0.4, -0.2) is 9.97 Å². The molecule has 0 aliphatic heterocycles. The Morgan fingerprint density at radius 3 is 1.55 bits per heavy atom. The fraction of sp³-hybridized carbons (Fsp3) is 0. The summed E-state index contributed by atoms with van der Waals surface area (Å²) in [6, 6.07) is 73.5. The summed E-state index contributed by atoms with van der Waals surface area (Å²) in [7, 11) is 0. The van der Waals surface area contributed by atoms with Crippen molar-refractivity contribution < 1.29 is 0 Å². The van der Waals surface area contributed by atoms with Crippen LogP contribution in [0.5, 0.6) is 0 Å². The summed E-state index contributed by atoms with van der Waals surface area (Å²) in [6.45, 7) is 0. The Labute approximate surface area is 324 Å². The molecule has 0 aliphatic rings. The Hall–Kier alpha value is -6.94. The summed E-state index contributed by atoms with van der Waals surface area (Å²) in [5.74, 6) is 0.696. The normalized spacial score (nSPS) is 11.3. The Morgan fingerprint density at radius 1 is 0.273 bits per heavy atom. The molecule has 8 aromatic carbocycles. The van der Waals surface area contributed by atoms with Crippen LogP contribution >= 0.6 is 11.3 Å². The van der Waals surface area contributed by atoms with Crippen LogP contribution in [0.4, 0.5) is 0 Å². The summed E-state index contributed by atoms with van der Waals surface area (Å²) >= 11 is 1.85. The molecule has 0 N–H and O–H groups in total. The maximum atomic E-state index is 5.30. The number of aromatic nitrogens is 2. The summed E-state index contributed by atoms with van der Waals surface area (Å²) < 4.78 is 2.59. The van der Waals surface area contributed by atoms with Gasteiger partial charge in [0.2, 0.25) is 0 Å². The Kier molecular flexibility index (Phi) is 8.40. The van der Waals surface area contributed by atoms with Crippen LogP contribution in [-0.2, 0) is 0 Å². The SMILES string of the molecule is c1ccc(-c2cccc(-c3cc(-c4cc(-c5ccc6c(c5)sc5ccccc56)cc(-c5ccccc5-c5ccccc5)c4)nc(-c4ccccc4)n3)c2)cc1. The molecule has 0 amide bonds. The van der Waals surface area contributed by atoms with E-state index in [4.69, 9.17) is 9.97 Å². The number of benzene rings is 8. The molecule has 55 heavy (non-hydrogen) atoms. The van der Waals surface area contributed by atoms with Crippen LogP contribution in [0.25, 0.3) is 98.6 Å². The number of hydrogen-bond donors (Lipinski definition) is 0. The van der Waals surface area contributed by atoms with Gasteiger partial charge in [-0.3, -0.25) is 0 Å². The van der Waals surface area contributed by atoms with Crippen molar-refractivity contribution in [3.8, 4) is 78.4 Å². The monoisotopic (exact) mass is 718 g/mol. The van der Waals surface area contributed by atoms with E-state index in [0.29, 0.717) is 5.82 Å². The quantitative estimate of drug-likeness (QED) is 0.164. The van der Waals surface area contributed by atoms with Crippen molar-refractivity contribution in [3.05, 3.63) is 206 Å². The first kappa shape index (κ1) is 32.7. The molecule has 0 bridgehead atoms. The summed E-state index contributed by atoms with van der Waals surface area (Å²) in [4.78, 5) is 10.5. The molecule has 2 aromatic heterocycles. The first-order valence-corrected chi connectivity index (χ1v) is 19.4. The zero-order valence-corrected chi connectivity index (χ0v) is 30.7. The fourth-order valence-corrected chi connectivity index (χ4v) is 8.70. The minimum absolute atomic E-state index is 0.696. The van der Waals surface area contributed by atoms with E-state index in [9.17, 15) is 0 Å². The standard InChI is InChI=1S/C52H34N2S/c1-4-15-35(16-5-1)38-21-14-22-40(29-38)48-34-49(54-52(53-48)37-19-8-3-9-20-37)43-31-41(39-27-28-47-46-25-12-13-26-50(46)55-51(47)33-39)30-42(32-43)45-24-11-10-23-44(45)36-17-6-2-7-18-36/h1-34H. The van der Waals surface area contributed by atoms with Gasteiger partial charge in [0.15, 0.2) is 5.82 Å². The van der Waals surface area contributed by atoms with Crippen molar-refractivity contribution in [1.82, 2.24) is 9.97 Å².